The maximum Gasteiger partial charge on any atom is 0.387 e. The minimum atomic E-state index is -2.81. The van der Waals surface area contributed by atoms with Crippen LogP contribution in [0.5, 0.6) is 5.75 Å². The molecule has 2 aliphatic rings. The number of halogens is 2. The summed E-state index contributed by atoms with van der Waals surface area (Å²) in [4.78, 5) is 14.5. The Morgan fingerprint density at radius 3 is 2.62 bits per heavy atom. The van der Waals surface area contributed by atoms with Gasteiger partial charge in [0.25, 0.3) is 0 Å². The Morgan fingerprint density at radius 1 is 1.15 bits per heavy atom. The number of carbonyl (C=O) groups excluding carboxylic acids is 1. The molecule has 2 atom stereocenters. The van der Waals surface area contributed by atoms with Crippen LogP contribution < -0.4 is 10.1 Å². The molecule has 0 unspecified atom stereocenters. The molecule has 6 heteroatoms. The minimum absolute atomic E-state index is 0.0666. The van der Waals surface area contributed by atoms with Crippen LogP contribution in [0.2, 0.25) is 0 Å². The Hall–Kier alpha value is -1.69. The van der Waals surface area contributed by atoms with Crippen molar-refractivity contribution in [3.8, 4) is 5.75 Å². The van der Waals surface area contributed by atoms with Gasteiger partial charge in [-0.3, -0.25) is 9.69 Å². The lowest BCUT2D eigenvalue weighted by molar-refractivity contribution is -0.123. The molecule has 1 N–H and O–H groups in total. The number of piperidine rings is 1. The molecule has 26 heavy (non-hydrogen) atoms. The second-order valence-electron chi connectivity index (χ2n) is 7.45. The van der Waals surface area contributed by atoms with Crippen molar-refractivity contribution in [1.29, 1.82) is 0 Å². The fourth-order valence-electron chi connectivity index (χ4n) is 4.26. The first-order valence-electron chi connectivity index (χ1n) is 9.63. The Labute approximate surface area is 153 Å². The maximum atomic E-state index is 12.2. The van der Waals surface area contributed by atoms with Crippen LogP contribution >= 0.6 is 0 Å². The fourth-order valence-corrected chi connectivity index (χ4v) is 4.26. The highest BCUT2D eigenvalue weighted by atomic mass is 19.3. The van der Waals surface area contributed by atoms with Gasteiger partial charge in [0.1, 0.15) is 5.75 Å². The number of rotatable bonds is 7. The van der Waals surface area contributed by atoms with Gasteiger partial charge in [-0.25, -0.2) is 0 Å². The molecule has 1 saturated carbocycles. The zero-order chi connectivity index (χ0) is 18.4. The number of hydrogen-bond acceptors (Lipinski definition) is 3. The van der Waals surface area contributed by atoms with Gasteiger partial charge in [0.15, 0.2) is 0 Å². The van der Waals surface area contributed by atoms with E-state index in [-0.39, 0.29) is 11.7 Å². The number of ether oxygens (including phenoxy) is 1. The molecule has 1 aromatic carbocycles. The molecule has 0 bridgehead atoms. The number of amides is 1. The Morgan fingerprint density at radius 2 is 1.88 bits per heavy atom. The normalized spacial score (nSPS) is 23.5. The van der Waals surface area contributed by atoms with Crippen LogP contribution in [0, 0.1) is 11.8 Å². The van der Waals surface area contributed by atoms with E-state index in [0.29, 0.717) is 19.5 Å². The summed E-state index contributed by atoms with van der Waals surface area (Å²) in [6.07, 6.45) is 7.29. The standard InChI is InChI=1S/C20H28F2N2O2/c21-20(22)26-18-7-5-15(6-8-18)9-11-23-19(25)14-24-12-10-16-3-1-2-4-17(16)13-24/h5-8,16-17,20H,1-4,9-14H2,(H,23,25)/t16-,17-/m1/s1. The quantitative estimate of drug-likeness (QED) is 0.804. The van der Waals surface area contributed by atoms with Gasteiger partial charge in [0.05, 0.1) is 6.54 Å². The number of carbonyl (C=O) groups is 1. The van der Waals surface area contributed by atoms with E-state index in [9.17, 15) is 13.6 Å². The van der Waals surface area contributed by atoms with Crippen molar-refractivity contribution >= 4 is 5.91 Å². The van der Waals surface area contributed by atoms with Crippen LogP contribution in [-0.2, 0) is 11.2 Å². The highest BCUT2D eigenvalue weighted by Crippen LogP contribution is 2.35. The topological polar surface area (TPSA) is 41.6 Å². The molecule has 1 aromatic rings. The molecule has 0 radical (unpaired) electrons. The van der Waals surface area contributed by atoms with Gasteiger partial charge in [-0.15, -0.1) is 0 Å². The van der Waals surface area contributed by atoms with Crippen LogP contribution in [0.3, 0.4) is 0 Å². The summed E-state index contributed by atoms with van der Waals surface area (Å²) in [6, 6.07) is 6.55. The largest absolute Gasteiger partial charge is 0.435 e. The summed E-state index contributed by atoms with van der Waals surface area (Å²) in [5.41, 5.74) is 0.981. The summed E-state index contributed by atoms with van der Waals surface area (Å²) in [5.74, 6) is 1.87. The molecule has 1 aliphatic heterocycles. The SMILES string of the molecule is O=C(CN1CC[C@H]2CCCC[C@@H]2C1)NCCc1ccc(OC(F)F)cc1. The predicted octanol–water partition coefficient (Wildman–Crippen LogP) is 3.46. The van der Waals surface area contributed by atoms with Crippen LogP contribution in [0.15, 0.2) is 24.3 Å². The molecule has 144 valence electrons. The van der Waals surface area contributed by atoms with E-state index in [2.05, 4.69) is 15.0 Å². The number of nitrogens with zero attached hydrogens (tertiary/aromatic N) is 1. The summed E-state index contributed by atoms with van der Waals surface area (Å²) in [6.45, 7) is 0.306. The van der Waals surface area contributed by atoms with Crippen molar-refractivity contribution in [3.05, 3.63) is 29.8 Å². The number of benzene rings is 1. The van der Waals surface area contributed by atoms with Crippen molar-refractivity contribution in [3.63, 3.8) is 0 Å². The molecule has 0 aromatic heterocycles. The smallest absolute Gasteiger partial charge is 0.387 e. The fraction of sp³-hybridized carbons (Fsp3) is 0.650. The third-order valence-corrected chi connectivity index (χ3v) is 5.63. The van der Waals surface area contributed by atoms with Crippen LogP contribution in [0.1, 0.15) is 37.7 Å². The van der Waals surface area contributed by atoms with Crippen LogP contribution in [0.25, 0.3) is 0 Å². The second kappa shape index (κ2) is 9.31. The second-order valence-corrected chi connectivity index (χ2v) is 7.45. The minimum Gasteiger partial charge on any atom is -0.435 e. The maximum absolute atomic E-state index is 12.2. The lowest BCUT2D eigenvalue weighted by Crippen LogP contribution is -2.46. The Kier molecular flexibility index (Phi) is 6.83. The molecule has 1 saturated heterocycles. The average molecular weight is 366 g/mol. The number of hydrogen-bond donors (Lipinski definition) is 1. The van der Waals surface area contributed by atoms with Gasteiger partial charge >= 0.3 is 6.61 Å². The lowest BCUT2D eigenvalue weighted by Gasteiger charge is -2.41. The van der Waals surface area contributed by atoms with Gasteiger partial charge < -0.3 is 10.1 Å². The first-order chi connectivity index (χ1) is 12.6. The van der Waals surface area contributed by atoms with E-state index >= 15 is 0 Å². The summed E-state index contributed by atoms with van der Waals surface area (Å²) < 4.78 is 28.6. The van der Waals surface area contributed by atoms with E-state index in [1.165, 1.54) is 44.2 Å². The van der Waals surface area contributed by atoms with E-state index in [0.717, 1.165) is 30.5 Å². The Balaban J connectivity index is 1.35. The summed E-state index contributed by atoms with van der Waals surface area (Å²) in [5, 5.41) is 2.97. The third-order valence-electron chi connectivity index (χ3n) is 5.63. The molecular formula is C20H28F2N2O2. The number of fused-ring (bicyclic) bond motifs is 1. The van der Waals surface area contributed by atoms with Gasteiger partial charge in [-0.05, 0) is 55.3 Å². The zero-order valence-electron chi connectivity index (χ0n) is 15.1. The van der Waals surface area contributed by atoms with Crippen molar-refractivity contribution in [1.82, 2.24) is 10.2 Å². The summed E-state index contributed by atoms with van der Waals surface area (Å²) >= 11 is 0. The van der Waals surface area contributed by atoms with Crippen molar-refractivity contribution in [2.24, 2.45) is 11.8 Å². The third kappa shape index (κ3) is 5.66. The lowest BCUT2D eigenvalue weighted by atomic mass is 9.75. The van der Waals surface area contributed by atoms with E-state index in [1.54, 1.807) is 12.1 Å². The van der Waals surface area contributed by atoms with Crippen molar-refractivity contribution in [2.75, 3.05) is 26.2 Å². The van der Waals surface area contributed by atoms with E-state index in [1.807, 2.05) is 0 Å². The predicted molar refractivity (Wildman–Crippen MR) is 96.3 cm³/mol. The van der Waals surface area contributed by atoms with Crippen LogP contribution in [0.4, 0.5) is 8.78 Å². The molecule has 1 heterocycles. The highest BCUT2D eigenvalue weighted by molar-refractivity contribution is 5.78. The van der Waals surface area contributed by atoms with Gasteiger partial charge in [0, 0.05) is 13.1 Å². The molecule has 0 spiro atoms. The summed E-state index contributed by atoms with van der Waals surface area (Å²) in [7, 11) is 0. The first kappa shape index (κ1) is 19.1. The highest BCUT2D eigenvalue weighted by Gasteiger charge is 2.31. The molecule has 1 amide bonds. The first-order valence-corrected chi connectivity index (χ1v) is 9.63. The Bertz CT molecular complexity index is 580. The molecule has 2 fully saturated rings. The number of nitrogens with one attached hydrogen (secondary N) is 1. The van der Waals surface area contributed by atoms with E-state index < -0.39 is 6.61 Å². The average Bonchev–Trinajstić information content (AvgIpc) is 2.62. The van der Waals surface area contributed by atoms with Crippen molar-refractivity contribution < 1.29 is 18.3 Å². The van der Waals surface area contributed by atoms with Gasteiger partial charge in [0.2, 0.25) is 5.91 Å². The van der Waals surface area contributed by atoms with E-state index in [4.69, 9.17) is 0 Å². The monoisotopic (exact) mass is 366 g/mol. The molecule has 3 rings (SSSR count). The van der Waals surface area contributed by atoms with Crippen LogP contribution in [-0.4, -0.2) is 43.6 Å². The van der Waals surface area contributed by atoms with Gasteiger partial charge in [-0.1, -0.05) is 31.4 Å². The number of alkyl halides is 2. The van der Waals surface area contributed by atoms with Crippen molar-refractivity contribution in [2.45, 2.75) is 45.1 Å². The molecular weight excluding hydrogens is 338 g/mol. The molecule has 1 aliphatic carbocycles. The molecule has 4 nitrogen and oxygen atoms in total. The number of likely N-dealkylation sites (tertiary alicyclic amines) is 1. The zero-order valence-corrected chi connectivity index (χ0v) is 15.1. The van der Waals surface area contributed by atoms with Gasteiger partial charge in [-0.2, -0.15) is 8.78 Å².